The van der Waals surface area contributed by atoms with E-state index in [-0.39, 0.29) is 17.7 Å². The third-order valence-electron chi connectivity index (χ3n) is 7.02. The molecule has 8 heteroatoms. The van der Waals surface area contributed by atoms with E-state index in [2.05, 4.69) is 5.32 Å². The van der Waals surface area contributed by atoms with Crippen LogP contribution in [0.15, 0.2) is 59.6 Å². The molecule has 0 bridgehead atoms. The van der Waals surface area contributed by atoms with Crippen LogP contribution in [-0.2, 0) is 4.79 Å². The lowest BCUT2D eigenvalue weighted by Gasteiger charge is -2.36. The second kappa shape index (κ2) is 10.1. The van der Waals surface area contributed by atoms with Crippen molar-refractivity contribution < 1.29 is 14.3 Å². The highest BCUT2D eigenvalue weighted by Gasteiger charge is 2.36. The van der Waals surface area contributed by atoms with E-state index in [1.165, 1.54) is 0 Å². The summed E-state index contributed by atoms with van der Waals surface area (Å²) in [7, 11) is 1.76. The molecule has 0 radical (unpaired) electrons. The Morgan fingerprint density at radius 2 is 2.03 bits per heavy atom. The molecular weight excluding hydrogens is 491 g/mol. The minimum Gasteiger partial charge on any atom is -0.508 e. The third-order valence-corrected chi connectivity index (χ3v) is 7.24. The Balaban J connectivity index is 1.60. The second-order valence-corrected chi connectivity index (χ2v) is 10.4. The molecule has 0 aliphatic carbocycles. The third kappa shape index (κ3) is 5.20. The highest BCUT2D eigenvalue weighted by Crippen LogP contribution is 2.41. The number of rotatable bonds is 5. The first-order valence-electron chi connectivity index (χ1n) is 12.4. The van der Waals surface area contributed by atoms with Crippen LogP contribution in [0.3, 0.4) is 0 Å². The van der Waals surface area contributed by atoms with Gasteiger partial charge in [-0.15, -0.1) is 0 Å². The molecule has 3 aromatic rings. The SMILES string of the molecule is Cc1cc(Cl)cc(N2C=Nc3cc(C)c(-c4cccc(O)c4)cc3C2C(=O)N(C)C[C@@H]2C[C@@H](F)CN2)c1. The fourth-order valence-electron chi connectivity index (χ4n) is 5.24. The number of anilines is 1. The zero-order chi connectivity index (χ0) is 26.3. The zero-order valence-corrected chi connectivity index (χ0v) is 21.8. The topological polar surface area (TPSA) is 68.2 Å². The van der Waals surface area contributed by atoms with Crippen molar-refractivity contribution in [1.29, 1.82) is 0 Å². The number of hydrogen-bond acceptors (Lipinski definition) is 5. The Morgan fingerprint density at radius 1 is 1.22 bits per heavy atom. The first kappa shape index (κ1) is 25.2. The van der Waals surface area contributed by atoms with Gasteiger partial charge in [0, 0.05) is 42.5 Å². The molecule has 37 heavy (non-hydrogen) atoms. The maximum absolute atomic E-state index is 14.1. The van der Waals surface area contributed by atoms with E-state index in [1.54, 1.807) is 36.5 Å². The number of benzene rings is 3. The van der Waals surface area contributed by atoms with E-state index < -0.39 is 12.2 Å². The lowest BCUT2D eigenvalue weighted by atomic mass is 9.91. The van der Waals surface area contributed by atoms with Crippen LogP contribution in [0.25, 0.3) is 11.1 Å². The average Bonchev–Trinajstić information content (AvgIpc) is 3.26. The average molecular weight is 521 g/mol. The lowest BCUT2D eigenvalue weighted by molar-refractivity contribution is -0.131. The fourth-order valence-corrected chi connectivity index (χ4v) is 5.52. The van der Waals surface area contributed by atoms with Crippen LogP contribution >= 0.6 is 11.6 Å². The van der Waals surface area contributed by atoms with Gasteiger partial charge >= 0.3 is 0 Å². The van der Waals surface area contributed by atoms with Gasteiger partial charge in [0.2, 0.25) is 5.91 Å². The molecular formula is C29H30ClFN4O2. The largest absolute Gasteiger partial charge is 0.508 e. The number of aliphatic imine (C=N–C) groups is 1. The highest BCUT2D eigenvalue weighted by atomic mass is 35.5. The number of amides is 1. The van der Waals surface area contributed by atoms with E-state index in [9.17, 15) is 14.3 Å². The predicted molar refractivity (Wildman–Crippen MR) is 147 cm³/mol. The molecule has 2 aliphatic rings. The molecule has 6 nitrogen and oxygen atoms in total. The monoisotopic (exact) mass is 520 g/mol. The Morgan fingerprint density at radius 3 is 2.73 bits per heavy atom. The van der Waals surface area contributed by atoms with Crippen LogP contribution in [0, 0.1) is 13.8 Å². The molecule has 5 rings (SSSR count). The summed E-state index contributed by atoms with van der Waals surface area (Å²) in [6, 6.07) is 15.9. The van der Waals surface area contributed by atoms with Crippen LogP contribution in [0.2, 0.25) is 5.02 Å². The number of fused-ring (bicyclic) bond motifs is 1. The van der Waals surface area contributed by atoms with Crippen LogP contribution in [0.4, 0.5) is 15.8 Å². The Labute approximate surface area is 221 Å². The number of aryl methyl sites for hydroxylation is 2. The van der Waals surface area contributed by atoms with Gasteiger partial charge in [-0.05, 0) is 85.0 Å². The number of carbonyl (C=O) groups is 1. The van der Waals surface area contributed by atoms with Crippen LogP contribution < -0.4 is 10.2 Å². The number of phenols is 1. The van der Waals surface area contributed by atoms with Crippen molar-refractivity contribution in [1.82, 2.24) is 10.2 Å². The fraction of sp³-hybridized carbons (Fsp3) is 0.310. The number of nitrogens with one attached hydrogen (secondary N) is 1. The van der Waals surface area contributed by atoms with Crippen molar-refractivity contribution in [3.8, 4) is 16.9 Å². The van der Waals surface area contributed by atoms with E-state index >= 15 is 0 Å². The van der Waals surface area contributed by atoms with Gasteiger partial charge in [0.05, 0.1) is 12.0 Å². The molecule has 1 amide bonds. The maximum Gasteiger partial charge on any atom is 0.250 e. The van der Waals surface area contributed by atoms with Gasteiger partial charge in [-0.1, -0.05) is 23.7 Å². The first-order chi connectivity index (χ1) is 17.7. The van der Waals surface area contributed by atoms with Gasteiger partial charge < -0.3 is 20.2 Å². The highest BCUT2D eigenvalue weighted by molar-refractivity contribution is 6.31. The van der Waals surface area contributed by atoms with Gasteiger partial charge in [0.25, 0.3) is 0 Å². The van der Waals surface area contributed by atoms with Crippen molar-refractivity contribution in [2.24, 2.45) is 4.99 Å². The van der Waals surface area contributed by atoms with Gasteiger partial charge in [-0.25, -0.2) is 9.38 Å². The number of nitrogens with zero attached hydrogens (tertiary/aromatic N) is 3. The van der Waals surface area contributed by atoms with Crippen LogP contribution in [-0.4, -0.2) is 54.6 Å². The maximum atomic E-state index is 14.1. The number of carbonyl (C=O) groups excluding carboxylic acids is 1. The van der Waals surface area contributed by atoms with E-state index in [0.29, 0.717) is 30.2 Å². The van der Waals surface area contributed by atoms with Gasteiger partial charge in [-0.3, -0.25) is 4.79 Å². The summed E-state index contributed by atoms with van der Waals surface area (Å²) in [4.78, 5) is 22.3. The summed E-state index contributed by atoms with van der Waals surface area (Å²) in [5, 5.41) is 13.8. The lowest BCUT2D eigenvalue weighted by Crippen LogP contribution is -2.46. The number of likely N-dealkylation sites (N-methyl/N-ethyl adjacent to an activating group) is 1. The van der Waals surface area contributed by atoms with E-state index in [0.717, 1.165) is 33.5 Å². The summed E-state index contributed by atoms with van der Waals surface area (Å²) in [5.74, 6) is 0.0473. The summed E-state index contributed by atoms with van der Waals surface area (Å²) in [6.45, 7) is 4.65. The molecule has 1 unspecified atom stereocenters. The molecule has 0 saturated carbocycles. The van der Waals surface area contributed by atoms with Crippen molar-refractivity contribution in [2.75, 3.05) is 25.0 Å². The molecule has 2 N–H and O–H groups in total. The first-order valence-corrected chi connectivity index (χ1v) is 12.7. The number of alkyl halides is 1. The summed E-state index contributed by atoms with van der Waals surface area (Å²) < 4.78 is 13.8. The quantitative estimate of drug-likeness (QED) is 0.452. The zero-order valence-electron chi connectivity index (χ0n) is 21.1. The molecule has 3 atom stereocenters. The van der Waals surface area contributed by atoms with Crippen molar-refractivity contribution in [3.05, 3.63) is 76.3 Å². The Hall–Kier alpha value is -3.42. The second-order valence-electron chi connectivity index (χ2n) is 9.97. The Bertz CT molecular complexity index is 1360. The van der Waals surface area contributed by atoms with Gasteiger partial charge in [-0.2, -0.15) is 0 Å². The molecule has 0 spiro atoms. The normalized spacial score (nSPS) is 20.7. The summed E-state index contributed by atoms with van der Waals surface area (Å²) in [5.41, 5.74) is 5.94. The molecule has 0 aromatic heterocycles. The van der Waals surface area contributed by atoms with Crippen LogP contribution in [0.5, 0.6) is 5.75 Å². The summed E-state index contributed by atoms with van der Waals surface area (Å²) >= 11 is 6.39. The van der Waals surface area contributed by atoms with E-state index in [4.69, 9.17) is 16.6 Å². The van der Waals surface area contributed by atoms with Crippen molar-refractivity contribution in [2.45, 2.75) is 38.5 Å². The number of halogens is 2. The minimum atomic E-state index is -0.894. The number of hydrogen-bond donors (Lipinski definition) is 2. The van der Waals surface area contributed by atoms with E-state index in [1.807, 2.05) is 55.1 Å². The number of phenolic OH excluding ortho intramolecular Hbond substituents is 1. The summed E-state index contributed by atoms with van der Waals surface area (Å²) in [6.07, 6.45) is 1.18. The number of aromatic hydroxyl groups is 1. The molecule has 2 heterocycles. The van der Waals surface area contributed by atoms with Gasteiger partial charge in [0.15, 0.2) is 0 Å². The van der Waals surface area contributed by atoms with Crippen molar-refractivity contribution in [3.63, 3.8) is 0 Å². The van der Waals surface area contributed by atoms with Gasteiger partial charge in [0.1, 0.15) is 18.0 Å². The smallest absolute Gasteiger partial charge is 0.250 e. The minimum absolute atomic E-state index is 0.0941. The van der Waals surface area contributed by atoms with Crippen LogP contribution in [0.1, 0.15) is 29.2 Å². The van der Waals surface area contributed by atoms with Crippen molar-refractivity contribution >= 4 is 35.2 Å². The standard InChI is InChI=1S/C29H30ClFN4O2/c1-17-7-20(30)11-23(8-17)35-16-33-27-9-18(2)25(19-5-4-6-24(36)10-19)13-26(27)28(35)29(37)34(3)15-22-12-21(31)14-32-22/h4-11,13,16,21-22,28,32,36H,12,14-15H2,1-3H3/t21-,22+,28?/m1/s1. The Kier molecular flexibility index (Phi) is 6.92. The molecule has 192 valence electrons. The molecule has 1 saturated heterocycles. The molecule has 2 aliphatic heterocycles. The molecule has 1 fully saturated rings. The predicted octanol–water partition coefficient (Wildman–Crippen LogP) is 5.71. The molecule has 3 aromatic carbocycles.